The molecule has 1 unspecified atom stereocenters. The number of anilines is 1. The van der Waals surface area contributed by atoms with E-state index in [1.807, 2.05) is 80.6 Å². The first-order chi connectivity index (χ1) is 23.4. The topological polar surface area (TPSA) is 121 Å². The molecule has 246 valence electrons. The highest BCUT2D eigenvalue weighted by Gasteiger charge is 2.26. The number of amides is 1. The fraction of sp³-hybridized carbons (Fsp3) is 0.324. The van der Waals surface area contributed by atoms with Gasteiger partial charge in [-0.15, -0.1) is 0 Å². The van der Waals surface area contributed by atoms with Crippen LogP contribution in [0.5, 0.6) is 0 Å². The molecular weight excluding hydrogens is 608 g/mol. The Hall–Kier alpha value is -5.13. The van der Waals surface area contributed by atoms with Crippen molar-refractivity contribution in [3.8, 4) is 22.4 Å². The van der Waals surface area contributed by atoms with Crippen LogP contribution in [-0.2, 0) is 27.4 Å². The van der Waals surface area contributed by atoms with Gasteiger partial charge < -0.3 is 24.4 Å². The third kappa shape index (κ3) is 6.92. The van der Waals surface area contributed by atoms with E-state index in [1.54, 1.807) is 15.7 Å². The first-order valence-electron chi connectivity index (χ1n) is 16.3. The Labute approximate surface area is 278 Å². The van der Waals surface area contributed by atoms with Crippen LogP contribution >= 0.6 is 0 Å². The molecule has 2 saturated heterocycles. The molecule has 5 aromatic rings. The van der Waals surface area contributed by atoms with Crippen LogP contribution in [0.25, 0.3) is 33.4 Å². The number of ether oxygens (including phenoxy) is 3. The molecule has 0 aliphatic carbocycles. The van der Waals surface area contributed by atoms with Gasteiger partial charge in [-0.05, 0) is 61.2 Å². The van der Waals surface area contributed by atoms with Crippen molar-refractivity contribution in [3.05, 3.63) is 106 Å². The third-order valence-electron chi connectivity index (χ3n) is 8.78. The molecule has 1 atom stereocenters. The highest BCUT2D eigenvalue weighted by Crippen LogP contribution is 2.28. The van der Waals surface area contributed by atoms with Crippen LogP contribution in [0.3, 0.4) is 0 Å². The molecule has 1 N–H and O–H groups in total. The maximum Gasteiger partial charge on any atom is 0.410 e. The molecule has 2 fully saturated rings. The quantitative estimate of drug-likeness (QED) is 0.225. The van der Waals surface area contributed by atoms with Gasteiger partial charge in [0.1, 0.15) is 12.3 Å². The lowest BCUT2D eigenvalue weighted by Gasteiger charge is -2.32. The molecular formula is C37H38N6O5. The second-order valence-corrected chi connectivity index (χ2v) is 12.3. The van der Waals surface area contributed by atoms with Crippen molar-refractivity contribution in [2.45, 2.75) is 45.6 Å². The van der Waals surface area contributed by atoms with Crippen LogP contribution in [0.4, 0.5) is 10.7 Å². The summed E-state index contributed by atoms with van der Waals surface area (Å²) >= 11 is 0. The normalized spacial score (nSPS) is 16.5. The molecule has 0 spiro atoms. The van der Waals surface area contributed by atoms with Crippen LogP contribution < -0.4 is 10.9 Å². The predicted molar refractivity (Wildman–Crippen MR) is 183 cm³/mol. The molecule has 0 radical (unpaired) electrons. The number of aryl methyl sites for hydroxylation is 3. The van der Waals surface area contributed by atoms with Crippen molar-refractivity contribution >= 4 is 23.1 Å². The van der Waals surface area contributed by atoms with E-state index in [0.29, 0.717) is 63.0 Å². The molecule has 0 saturated carbocycles. The summed E-state index contributed by atoms with van der Waals surface area (Å²) < 4.78 is 18.6. The lowest BCUT2D eigenvalue weighted by atomic mass is 9.97. The van der Waals surface area contributed by atoms with Crippen molar-refractivity contribution in [2.24, 2.45) is 0 Å². The van der Waals surface area contributed by atoms with E-state index in [9.17, 15) is 9.59 Å². The molecule has 1 amide bonds. The van der Waals surface area contributed by atoms with Crippen molar-refractivity contribution in [2.75, 3.05) is 38.2 Å². The number of benzene rings is 2. The zero-order valence-corrected chi connectivity index (χ0v) is 27.1. The van der Waals surface area contributed by atoms with E-state index in [2.05, 4.69) is 21.4 Å². The van der Waals surface area contributed by atoms with Gasteiger partial charge >= 0.3 is 6.09 Å². The van der Waals surface area contributed by atoms with Gasteiger partial charge in [0, 0.05) is 41.5 Å². The van der Waals surface area contributed by atoms with Gasteiger partial charge in [-0.25, -0.2) is 9.78 Å². The average Bonchev–Trinajstić information content (AvgIpc) is 3.09. The standard InChI is InChI=1S/C37H38N6O5/c1-24-17-27(33-10-6-7-25(2)39-33)11-12-31(24)32-18-28-19-38-36(40-29-22-46-23-29)41-34(28)43(35(32)44)14-13-30-20-42(15-16-47-30)37(45)48-21-26-8-4-3-5-9-26/h3-12,17-19,29-30H,13-16,20-23H2,1-2H3,(H,38,40,41). The lowest BCUT2D eigenvalue weighted by Crippen LogP contribution is -2.46. The monoisotopic (exact) mass is 646 g/mol. The maximum atomic E-state index is 14.3. The third-order valence-corrected chi connectivity index (χ3v) is 8.78. The number of nitrogens with zero attached hydrogens (tertiary/aromatic N) is 5. The summed E-state index contributed by atoms with van der Waals surface area (Å²) in [5.74, 6) is 0.448. The SMILES string of the molecule is Cc1cccc(-c2ccc(-c3cc4cnc(NC5COC5)nc4n(CCC4CN(C(=O)OCc5ccccc5)CCO4)c3=O)c(C)c2)n1. The molecule has 11 heteroatoms. The van der Waals surface area contributed by atoms with Crippen LogP contribution in [0.1, 0.15) is 23.2 Å². The molecule has 11 nitrogen and oxygen atoms in total. The highest BCUT2D eigenvalue weighted by atomic mass is 16.6. The summed E-state index contributed by atoms with van der Waals surface area (Å²) in [4.78, 5) is 42.9. The number of fused-ring (bicyclic) bond motifs is 1. The molecule has 2 aromatic carbocycles. The smallest absolute Gasteiger partial charge is 0.410 e. The molecule has 0 bridgehead atoms. The first-order valence-corrected chi connectivity index (χ1v) is 16.3. The van der Waals surface area contributed by atoms with Gasteiger partial charge in [0.15, 0.2) is 0 Å². The second kappa shape index (κ2) is 13.9. The van der Waals surface area contributed by atoms with Gasteiger partial charge in [-0.2, -0.15) is 4.98 Å². The molecule has 5 heterocycles. The summed E-state index contributed by atoms with van der Waals surface area (Å²) in [7, 11) is 0. The Balaban J connectivity index is 1.15. The minimum atomic E-state index is -0.375. The van der Waals surface area contributed by atoms with Gasteiger partial charge in [-0.1, -0.05) is 48.5 Å². The maximum absolute atomic E-state index is 14.3. The minimum absolute atomic E-state index is 0.134. The highest BCUT2D eigenvalue weighted by molar-refractivity contribution is 5.83. The Kier molecular flexibility index (Phi) is 9.13. The van der Waals surface area contributed by atoms with Crippen LogP contribution in [0.2, 0.25) is 0 Å². The Morgan fingerprint density at radius 3 is 2.62 bits per heavy atom. The molecule has 48 heavy (non-hydrogen) atoms. The van der Waals surface area contributed by atoms with E-state index in [4.69, 9.17) is 19.2 Å². The molecule has 7 rings (SSSR count). The molecule has 2 aliphatic heterocycles. The largest absolute Gasteiger partial charge is 0.445 e. The number of aromatic nitrogens is 4. The van der Waals surface area contributed by atoms with Crippen molar-refractivity contribution in [3.63, 3.8) is 0 Å². The summed E-state index contributed by atoms with van der Waals surface area (Å²) in [5, 5.41) is 4.04. The first kappa shape index (κ1) is 31.5. The zero-order chi connectivity index (χ0) is 33.0. The van der Waals surface area contributed by atoms with Gasteiger partial charge in [0.05, 0.1) is 44.2 Å². The van der Waals surface area contributed by atoms with E-state index < -0.39 is 0 Å². The number of rotatable bonds is 9. The van der Waals surface area contributed by atoms with Crippen LogP contribution in [-0.4, -0.2) is 75.6 Å². The lowest BCUT2D eigenvalue weighted by molar-refractivity contribution is -0.0329. The van der Waals surface area contributed by atoms with Gasteiger partial charge in [0.2, 0.25) is 5.95 Å². The van der Waals surface area contributed by atoms with Gasteiger partial charge in [-0.3, -0.25) is 14.3 Å². The fourth-order valence-electron chi connectivity index (χ4n) is 6.10. The number of nitrogens with one attached hydrogen (secondary N) is 1. The second-order valence-electron chi connectivity index (χ2n) is 12.3. The van der Waals surface area contributed by atoms with Crippen LogP contribution in [0, 0.1) is 13.8 Å². The Bertz CT molecular complexity index is 1990. The van der Waals surface area contributed by atoms with E-state index in [0.717, 1.165) is 39.0 Å². The predicted octanol–water partition coefficient (Wildman–Crippen LogP) is 5.38. The van der Waals surface area contributed by atoms with Crippen LogP contribution in [0.15, 0.2) is 83.8 Å². The average molecular weight is 647 g/mol. The Morgan fingerprint density at radius 1 is 1.00 bits per heavy atom. The Morgan fingerprint density at radius 2 is 1.85 bits per heavy atom. The summed E-state index contributed by atoms with van der Waals surface area (Å²) in [5.41, 5.74) is 6.49. The summed E-state index contributed by atoms with van der Waals surface area (Å²) in [6.45, 7) is 6.91. The zero-order valence-electron chi connectivity index (χ0n) is 27.1. The summed E-state index contributed by atoms with van der Waals surface area (Å²) in [6.07, 6.45) is 1.61. The molecule has 2 aliphatic rings. The van der Waals surface area contributed by atoms with Crippen molar-refractivity contribution in [1.82, 2.24) is 24.4 Å². The summed E-state index contributed by atoms with van der Waals surface area (Å²) in [6, 6.07) is 23.6. The van der Waals surface area contributed by atoms with Gasteiger partial charge in [0.25, 0.3) is 5.56 Å². The minimum Gasteiger partial charge on any atom is -0.445 e. The number of carbonyl (C=O) groups excluding carboxylic acids is 1. The number of carbonyl (C=O) groups is 1. The van der Waals surface area contributed by atoms with Crippen molar-refractivity contribution in [1.29, 1.82) is 0 Å². The number of hydrogen-bond donors (Lipinski definition) is 1. The van der Waals surface area contributed by atoms with Crippen molar-refractivity contribution < 1.29 is 19.0 Å². The number of morpholine rings is 1. The van der Waals surface area contributed by atoms with E-state index in [-0.39, 0.29) is 30.4 Å². The number of pyridine rings is 2. The van der Waals surface area contributed by atoms with E-state index in [1.165, 1.54) is 0 Å². The fourth-order valence-corrected chi connectivity index (χ4v) is 6.10. The van der Waals surface area contributed by atoms with E-state index >= 15 is 0 Å². The number of hydrogen-bond acceptors (Lipinski definition) is 9. The molecule has 3 aromatic heterocycles.